The molecule has 1 atom stereocenters. The van der Waals surface area contributed by atoms with Crippen LogP contribution in [0.5, 0.6) is 0 Å². The minimum Gasteiger partial charge on any atom is -0.352 e. The van der Waals surface area contributed by atoms with E-state index in [1.54, 1.807) is 6.08 Å². The minimum absolute atomic E-state index is 0.0364. The summed E-state index contributed by atoms with van der Waals surface area (Å²) in [6.07, 6.45) is 1.74. The van der Waals surface area contributed by atoms with Gasteiger partial charge in [0, 0.05) is 12.6 Å². The van der Waals surface area contributed by atoms with Gasteiger partial charge in [-0.05, 0) is 12.3 Å². The summed E-state index contributed by atoms with van der Waals surface area (Å²) in [5, 5.41) is 5.90. The fourth-order valence-corrected chi connectivity index (χ4v) is 0.797. The number of nitrogens with one attached hydrogen (secondary N) is 2. The van der Waals surface area contributed by atoms with Gasteiger partial charge in [0.15, 0.2) is 0 Å². The molecule has 0 radical (unpaired) electrons. The lowest BCUT2D eigenvalue weighted by molar-refractivity contribution is -0.121. The van der Waals surface area contributed by atoms with Crippen molar-refractivity contribution in [1.29, 1.82) is 0 Å². The molecule has 0 aromatic rings. The smallest absolute Gasteiger partial charge is 0.234 e. The van der Waals surface area contributed by atoms with Crippen molar-refractivity contribution in [1.82, 2.24) is 10.6 Å². The standard InChI is InChI=1S/C11H22N2O/c1-6-7-12-8-10(14)13-9(2)11(3,4)5/h6,9,12H,1,7-8H2,2-5H3,(H,13,14). The molecule has 0 saturated heterocycles. The zero-order valence-electron chi connectivity index (χ0n) is 9.68. The topological polar surface area (TPSA) is 41.1 Å². The first-order chi connectivity index (χ1) is 6.38. The van der Waals surface area contributed by atoms with Gasteiger partial charge in [-0.1, -0.05) is 26.8 Å². The molecule has 0 aliphatic rings. The molecule has 0 aromatic heterocycles. The maximum atomic E-state index is 11.4. The van der Waals surface area contributed by atoms with E-state index in [4.69, 9.17) is 0 Å². The molecule has 0 rings (SSSR count). The molecule has 2 N–H and O–H groups in total. The third-order valence-electron chi connectivity index (χ3n) is 2.25. The van der Waals surface area contributed by atoms with Gasteiger partial charge in [0.2, 0.25) is 5.91 Å². The van der Waals surface area contributed by atoms with Gasteiger partial charge in [-0.2, -0.15) is 0 Å². The molecule has 0 bridgehead atoms. The van der Waals surface area contributed by atoms with Crippen LogP contribution in [-0.2, 0) is 4.79 Å². The Morgan fingerprint density at radius 1 is 1.50 bits per heavy atom. The second-order valence-electron chi connectivity index (χ2n) is 4.57. The van der Waals surface area contributed by atoms with Gasteiger partial charge in [-0.15, -0.1) is 6.58 Å². The summed E-state index contributed by atoms with van der Waals surface area (Å²) in [5.41, 5.74) is 0.105. The molecule has 1 unspecified atom stereocenters. The van der Waals surface area contributed by atoms with E-state index in [0.29, 0.717) is 13.1 Å². The maximum absolute atomic E-state index is 11.4. The molecule has 0 saturated carbocycles. The molecule has 0 fully saturated rings. The molecule has 14 heavy (non-hydrogen) atoms. The van der Waals surface area contributed by atoms with Crippen LogP contribution in [0.4, 0.5) is 0 Å². The van der Waals surface area contributed by atoms with E-state index in [1.165, 1.54) is 0 Å². The number of rotatable bonds is 5. The number of hydrogen-bond acceptors (Lipinski definition) is 2. The van der Waals surface area contributed by atoms with Crippen LogP contribution in [0.2, 0.25) is 0 Å². The van der Waals surface area contributed by atoms with Crippen molar-refractivity contribution < 1.29 is 4.79 Å². The van der Waals surface area contributed by atoms with Crippen LogP contribution in [-0.4, -0.2) is 25.0 Å². The number of carbonyl (C=O) groups excluding carboxylic acids is 1. The summed E-state index contributed by atoms with van der Waals surface area (Å²) < 4.78 is 0. The molecule has 0 heterocycles. The normalized spacial score (nSPS) is 13.4. The first-order valence-electron chi connectivity index (χ1n) is 4.99. The average Bonchev–Trinajstić information content (AvgIpc) is 2.03. The van der Waals surface area contributed by atoms with Crippen LogP contribution in [0.25, 0.3) is 0 Å². The Balaban J connectivity index is 3.77. The van der Waals surface area contributed by atoms with Gasteiger partial charge < -0.3 is 10.6 Å². The number of carbonyl (C=O) groups is 1. The van der Waals surface area contributed by atoms with Crippen LogP contribution < -0.4 is 10.6 Å². The summed E-state index contributed by atoms with van der Waals surface area (Å²) in [4.78, 5) is 11.4. The van der Waals surface area contributed by atoms with E-state index in [9.17, 15) is 4.79 Å². The summed E-state index contributed by atoms with van der Waals surface area (Å²) in [6, 6.07) is 0.181. The lowest BCUT2D eigenvalue weighted by Crippen LogP contribution is -2.44. The molecule has 0 spiro atoms. The van der Waals surface area contributed by atoms with Crippen LogP contribution in [0.15, 0.2) is 12.7 Å². The quantitative estimate of drug-likeness (QED) is 0.516. The fourth-order valence-electron chi connectivity index (χ4n) is 0.797. The monoisotopic (exact) mass is 198 g/mol. The van der Waals surface area contributed by atoms with Gasteiger partial charge in [-0.3, -0.25) is 4.79 Å². The minimum atomic E-state index is 0.0364. The first kappa shape index (κ1) is 13.2. The highest BCUT2D eigenvalue weighted by atomic mass is 16.1. The van der Waals surface area contributed by atoms with Crippen molar-refractivity contribution in [2.75, 3.05) is 13.1 Å². The van der Waals surface area contributed by atoms with Crippen LogP contribution in [0.3, 0.4) is 0 Å². The highest BCUT2D eigenvalue weighted by Crippen LogP contribution is 2.17. The predicted molar refractivity (Wildman–Crippen MR) is 60.1 cm³/mol. The average molecular weight is 198 g/mol. The molecule has 0 aromatic carbocycles. The highest BCUT2D eigenvalue weighted by molar-refractivity contribution is 5.78. The van der Waals surface area contributed by atoms with E-state index in [2.05, 4.69) is 38.0 Å². The second-order valence-corrected chi connectivity index (χ2v) is 4.57. The summed E-state index contributed by atoms with van der Waals surface area (Å²) >= 11 is 0. The van der Waals surface area contributed by atoms with Gasteiger partial charge in [-0.25, -0.2) is 0 Å². The third kappa shape index (κ3) is 5.75. The van der Waals surface area contributed by atoms with Crippen molar-refractivity contribution in [3.8, 4) is 0 Å². The Hall–Kier alpha value is -0.830. The molecule has 1 amide bonds. The van der Waals surface area contributed by atoms with Crippen molar-refractivity contribution >= 4 is 5.91 Å². The van der Waals surface area contributed by atoms with E-state index in [-0.39, 0.29) is 17.4 Å². The zero-order valence-corrected chi connectivity index (χ0v) is 9.68. The fraction of sp³-hybridized carbons (Fsp3) is 0.727. The largest absolute Gasteiger partial charge is 0.352 e. The van der Waals surface area contributed by atoms with Crippen LogP contribution in [0.1, 0.15) is 27.7 Å². The van der Waals surface area contributed by atoms with Crippen LogP contribution in [0, 0.1) is 5.41 Å². The Morgan fingerprint density at radius 2 is 2.07 bits per heavy atom. The van der Waals surface area contributed by atoms with Crippen molar-refractivity contribution in [2.24, 2.45) is 5.41 Å². The van der Waals surface area contributed by atoms with Gasteiger partial charge >= 0.3 is 0 Å². The van der Waals surface area contributed by atoms with E-state index >= 15 is 0 Å². The van der Waals surface area contributed by atoms with Crippen molar-refractivity contribution in [3.63, 3.8) is 0 Å². The van der Waals surface area contributed by atoms with Crippen molar-refractivity contribution in [3.05, 3.63) is 12.7 Å². The summed E-state index contributed by atoms with van der Waals surface area (Å²) in [5.74, 6) is 0.0364. The SMILES string of the molecule is C=CCNCC(=O)NC(C)C(C)(C)C. The first-order valence-corrected chi connectivity index (χ1v) is 4.99. The molecule has 3 nitrogen and oxygen atoms in total. The van der Waals surface area contributed by atoms with E-state index < -0.39 is 0 Å². The molecular weight excluding hydrogens is 176 g/mol. The Bertz CT molecular complexity index is 194. The lowest BCUT2D eigenvalue weighted by Gasteiger charge is -2.28. The second kappa shape index (κ2) is 5.81. The molecule has 0 aliphatic heterocycles. The van der Waals surface area contributed by atoms with Crippen LogP contribution >= 0.6 is 0 Å². The van der Waals surface area contributed by atoms with Gasteiger partial charge in [0.1, 0.15) is 0 Å². The maximum Gasteiger partial charge on any atom is 0.234 e. The summed E-state index contributed by atoms with van der Waals surface area (Å²) in [6.45, 7) is 12.9. The molecule has 0 aliphatic carbocycles. The number of amides is 1. The Kier molecular flexibility index (Phi) is 5.46. The third-order valence-corrected chi connectivity index (χ3v) is 2.25. The zero-order chi connectivity index (χ0) is 11.2. The van der Waals surface area contributed by atoms with E-state index in [0.717, 1.165) is 0 Å². The van der Waals surface area contributed by atoms with Gasteiger partial charge in [0.25, 0.3) is 0 Å². The molecule has 3 heteroatoms. The Labute approximate surface area is 87.0 Å². The van der Waals surface area contributed by atoms with Crippen molar-refractivity contribution in [2.45, 2.75) is 33.7 Å². The van der Waals surface area contributed by atoms with Gasteiger partial charge in [0.05, 0.1) is 6.54 Å². The Morgan fingerprint density at radius 3 is 2.50 bits per heavy atom. The lowest BCUT2D eigenvalue weighted by atomic mass is 9.88. The summed E-state index contributed by atoms with van der Waals surface area (Å²) in [7, 11) is 0. The molecule has 82 valence electrons. The highest BCUT2D eigenvalue weighted by Gasteiger charge is 2.21. The predicted octanol–water partition coefficient (Wildman–Crippen LogP) is 1.31. The molecular formula is C11H22N2O. The van der Waals surface area contributed by atoms with E-state index in [1.807, 2.05) is 6.92 Å². The number of hydrogen-bond donors (Lipinski definition) is 2.